The van der Waals surface area contributed by atoms with E-state index in [4.69, 9.17) is 28.9 Å². The van der Waals surface area contributed by atoms with E-state index in [-0.39, 0.29) is 5.91 Å². The largest absolute Gasteiger partial charge is 0.329 e. The standard InChI is InChI=1S/C13H16Cl2N2O/c14-9-4-3-5-10(11(9)15)17-12(18)13(8-16)6-1-2-7-13/h3-5H,1-2,6-8,16H2,(H,17,18). The summed E-state index contributed by atoms with van der Waals surface area (Å²) in [5, 5.41) is 3.66. The van der Waals surface area contributed by atoms with E-state index in [0.717, 1.165) is 25.7 Å². The molecular formula is C13H16Cl2N2O. The third-order valence-corrected chi connectivity index (χ3v) is 4.45. The zero-order chi connectivity index (χ0) is 13.2. The van der Waals surface area contributed by atoms with Crippen LogP contribution in [0.2, 0.25) is 10.0 Å². The van der Waals surface area contributed by atoms with Crippen LogP contribution in [0.15, 0.2) is 18.2 Å². The maximum atomic E-state index is 12.3. The van der Waals surface area contributed by atoms with Crippen LogP contribution in [0.1, 0.15) is 25.7 Å². The molecule has 0 atom stereocenters. The second-order valence-electron chi connectivity index (χ2n) is 4.75. The molecule has 1 aromatic carbocycles. The fraction of sp³-hybridized carbons (Fsp3) is 0.462. The molecule has 1 saturated carbocycles. The molecule has 1 aromatic rings. The van der Waals surface area contributed by atoms with Gasteiger partial charge in [0.05, 0.1) is 21.1 Å². The highest BCUT2D eigenvalue weighted by atomic mass is 35.5. The predicted octanol–water partition coefficient (Wildman–Crippen LogP) is 3.45. The van der Waals surface area contributed by atoms with Gasteiger partial charge in [0, 0.05) is 6.54 Å². The van der Waals surface area contributed by atoms with Crippen LogP contribution in [0, 0.1) is 5.41 Å². The van der Waals surface area contributed by atoms with Crippen LogP contribution < -0.4 is 11.1 Å². The zero-order valence-corrected chi connectivity index (χ0v) is 11.5. The van der Waals surface area contributed by atoms with Crippen molar-refractivity contribution in [2.75, 3.05) is 11.9 Å². The summed E-state index contributed by atoms with van der Waals surface area (Å²) in [6.07, 6.45) is 3.78. The molecule has 0 bridgehead atoms. The number of benzene rings is 1. The normalized spacial score (nSPS) is 17.7. The highest BCUT2D eigenvalue weighted by molar-refractivity contribution is 6.44. The number of hydrogen-bond acceptors (Lipinski definition) is 2. The van der Waals surface area contributed by atoms with Crippen LogP contribution in [0.3, 0.4) is 0 Å². The van der Waals surface area contributed by atoms with Gasteiger partial charge >= 0.3 is 0 Å². The summed E-state index contributed by atoms with van der Waals surface area (Å²) in [5.41, 5.74) is 5.88. The molecule has 1 fully saturated rings. The molecule has 0 unspecified atom stereocenters. The summed E-state index contributed by atoms with van der Waals surface area (Å²) >= 11 is 12.0. The summed E-state index contributed by atoms with van der Waals surface area (Å²) in [6.45, 7) is 0.372. The van der Waals surface area contributed by atoms with Gasteiger partial charge in [0.2, 0.25) is 5.91 Å². The maximum Gasteiger partial charge on any atom is 0.231 e. The molecule has 1 amide bonds. The van der Waals surface area contributed by atoms with E-state index in [1.54, 1.807) is 18.2 Å². The van der Waals surface area contributed by atoms with Crippen molar-refractivity contribution in [2.24, 2.45) is 11.1 Å². The van der Waals surface area contributed by atoms with Crippen molar-refractivity contribution in [1.82, 2.24) is 0 Å². The topological polar surface area (TPSA) is 55.1 Å². The monoisotopic (exact) mass is 286 g/mol. The smallest absolute Gasteiger partial charge is 0.231 e. The van der Waals surface area contributed by atoms with Crippen molar-refractivity contribution in [3.05, 3.63) is 28.2 Å². The van der Waals surface area contributed by atoms with Gasteiger partial charge in [-0.05, 0) is 25.0 Å². The molecular weight excluding hydrogens is 271 g/mol. The Morgan fingerprint density at radius 2 is 2.00 bits per heavy atom. The van der Waals surface area contributed by atoms with E-state index in [1.165, 1.54) is 0 Å². The number of hydrogen-bond donors (Lipinski definition) is 2. The zero-order valence-electron chi connectivity index (χ0n) is 10.0. The van der Waals surface area contributed by atoms with Gasteiger partial charge < -0.3 is 11.1 Å². The number of rotatable bonds is 3. The average Bonchev–Trinajstić information content (AvgIpc) is 2.85. The summed E-state index contributed by atoms with van der Waals surface area (Å²) in [6, 6.07) is 5.19. The number of carbonyl (C=O) groups is 1. The van der Waals surface area contributed by atoms with E-state index in [9.17, 15) is 4.79 Å². The van der Waals surface area contributed by atoms with E-state index in [2.05, 4.69) is 5.32 Å². The van der Waals surface area contributed by atoms with Gasteiger partial charge in [-0.25, -0.2) is 0 Å². The predicted molar refractivity (Wildman–Crippen MR) is 75.0 cm³/mol. The molecule has 1 aliphatic carbocycles. The molecule has 0 spiro atoms. The van der Waals surface area contributed by atoms with Crippen molar-refractivity contribution in [1.29, 1.82) is 0 Å². The van der Waals surface area contributed by atoms with Crippen LogP contribution in [0.4, 0.5) is 5.69 Å². The SMILES string of the molecule is NCC1(C(=O)Nc2cccc(Cl)c2Cl)CCCC1. The minimum atomic E-state index is -0.439. The lowest BCUT2D eigenvalue weighted by Gasteiger charge is -2.26. The molecule has 3 N–H and O–H groups in total. The number of carbonyl (C=O) groups excluding carboxylic acids is 1. The average molecular weight is 287 g/mol. The number of amides is 1. The van der Waals surface area contributed by atoms with Crippen molar-refractivity contribution >= 4 is 34.8 Å². The van der Waals surface area contributed by atoms with Crippen molar-refractivity contribution in [3.8, 4) is 0 Å². The van der Waals surface area contributed by atoms with E-state index >= 15 is 0 Å². The summed E-state index contributed by atoms with van der Waals surface area (Å²) < 4.78 is 0. The van der Waals surface area contributed by atoms with E-state index < -0.39 is 5.41 Å². The molecule has 5 heteroatoms. The molecule has 0 saturated heterocycles. The van der Waals surface area contributed by atoms with E-state index in [0.29, 0.717) is 22.3 Å². The summed E-state index contributed by atoms with van der Waals surface area (Å²) in [5.74, 6) is -0.0494. The van der Waals surface area contributed by atoms with Gasteiger partial charge in [-0.15, -0.1) is 0 Å². The number of nitrogens with two attached hydrogens (primary N) is 1. The fourth-order valence-electron chi connectivity index (χ4n) is 2.43. The molecule has 0 aromatic heterocycles. The Morgan fingerprint density at radius 3 is 2.61 bits per heavy atom. The molecule has 0 heterocycles. The Hall–Kier alpha value is -0.770. The lowest BCUT2D eigenvalue weighted by molar-refractivity contribution is -0.124. The van der Waals surface area contributed by atoms with Crippen LogP contribution in [0.5, 0.6) is 0 Å². The molecule has 98 valence electrons. The lowest BCUT2D eigenvalue weighted by atomic mass is 9.85. The molecule has 0 radical (unpaired) electrons. The molecule has 2 rings (SSSR count). The Kier molecular flexibility index (Phi) is 4.15. The minimum Gasteiger partial charge on any atom is -0.329 e. The number of anilines is 1. The maximum absolute atomic E-state index is 12.3. The van der Waals surface area contributed by atoms with E-state index in [1.807, 2.05) is 0 Å². The van der Waals surface area contributed by atoms with Crippen molar-refractivity contribution in [3.63, 3.8) is 0 Å². The Bertz CT molecular complexity index is 456. The first-order valence-electron chi connectivity index (χ1n) is 6.05. The number of halogens is 2. The van der Waals surface area contributed by atoms with Crippen LogP contribution in [-0.4, -0.2) is 12.5 Å². The van der Waals surface area contributed by atoms with Crippen LogP contribution in [-0.2, 0) is 4.79 Å². The van der Waals surface area contributed by atoms with Gasteiger partial charge in [0.1, 0.15) is 0 Å². The highest BCUT2D eigenvalue weighted by Crippen LogP contribution is 2.39. The summed E-state index contributed by atoms with van der Waals surface area (Å²) in [7, 11) is 0. The Morgan fingerprint density at radius 1 is 1.33 bits per heavy atom. The molecule has 1 aliphatic rings. The third-order valence-electron chi connectivity index (χ3n) is 3.63. The van der Waals surface area contributed by atoms with Crippen molar-refractivity contribution in [2.45, 2.75) is 25.7 Å². The Balaban J connectivity index is 2.18. The minimum absolute atomic E-state index is 0.0494. The first-order valence-corrected chi connectivity index (χ1v) is 6.80. The van der Waals surface area contributed by atoms with Gasteiger partial charge in [0.25, 0.3) is 0 Å². The first-order chi connectivity index (χ1) is 8.59. The van der Waals surface area contributed by atoms with Gasteiger partial charge in [-0.2, -0.15) is 0 Å². The highest BCUT2D eigenvalue weighted by Gasteiger charge is 2.39. The lowest BCUT2D eigenvalue weighted by Crippen LogP contribution is -2.40. The van der Waals surface area contributed by atoms with Gasteiger partial charge in [0.15, 0.2) is 0 Å². The summed E-state index contributed by atoms with van der Waals surface area (Å²) in [4.78, 5) is 12.3. The fourth-order valence-corrected chi connectivity index (χ4v) is 2.78. The second-order valence-corrected chi connectivity index (χ2v) is 5.53. The second kappa shape index (κ2) is 5.47. The third kappa shape index (κ3) is 2.48. The van der Waals surface area contributed by atoms with Crippen molar-refractivity contribution < 1.29 is 4.79 Å². The van der Waals surface area contributed by atoms with Crippen LogP contribution >= 0.6 is 23.2 Å². The van der Waals surface area contributed by atoms with Gasteiger partial charge in [-0.1, -0.05) is 42.1 Å². The molecule has 0 aliphatic heterocycles. The quantitative estimate of drug-likeness (QED) is 0.894. The Labute approximate surface area is 117 Å². The molecule has 18 heavy (non-hydrogen) atoms. The van der Waals surface area contributed by atoms with Gasteiger partial charge in [-0.3, -0.25) is 4.79 Å². The number of nitrogens with one attached hydrogen (secondary N) is 1. The molecule has 3 nitrogen and oxygen atoms in total. The van der Waals surface area contributed by atoms with Crippen LogP contribution in [0.25, 0.3) is 0 Å². The first kappa shape index (κ1) is 13.7.